The summed E-state index contributed by atoms with van der Waals surface area (Å²) in [6.45, 7) is 0. The maximum absolute atomic E-state index is 13.3. The van der Waals surface area contributed by atoms with Gasteiger partial charge >= 0.3 is 0 Å². The second-order valence-electron chi connectivity index (χ2n) is 8.43. The number of hydrogen-bond donors (Lipinski definition) is 4. The van der Waals surface area contributed by atoms with Crippen molar-refractivity contribution in [2.24, 2.45) is 0 Å². The lowest BCUT2D eigenvalue weighted by atomic mass is 10.0. The van der Waals surface area contributed by atoms with Crippen LogP contribution in [0.15, 0.2) is 48.5 Å². The molecular formula is C26H30FN3O4. The summed E-state index contributed by atoms with van der Waals surface area (Å²) < 4.78 is 13.3. The van der Waals surface area contributed by atoms with Crippen LogP contribution in [0.4, 0.5) is 10.1 Å². The number of carbonyl (C=O) groups is 3. The van der Waals surface area contributed by atoms with Gasteiger partial charge in [0.15, 0.2) is 0 Å². The molecule has 2 aromatic rings. The minimum absolute atomic E-state index is 0.0906. The Morgan fingerprint density at radius 1 is 0.882 bits per heavy atom. The number of hydroxylamine groups is 1. The molecule has 1 saturated carbocycles. The van der Waals surface area contributed by atoms with E-state index in [1.165, 1.54) is 12.1 Å². The average Bonchev–Trinajstić information content (AvgIpc) is 3.65. The van der Waals surface area contributed by atoms with E-state index >= 15 is 0 Å². The molecule has 0 heterocycles. The van der Waals surface area contributed by atoms with Gasteiger partial charge in [-0.2, -0.15) is 0 Å². The van der Waals surface area contributed by atoms with Crippen LogP contribution in [0.25, 0.3) is 11.6 Å². The molecule has 1 fully saturated rings. The minimum atomic E-state index is -0.399. The normalized spacial score (nSPS) is 13.3. The van der Waals surface area contributed by atoms with Crippen molar-refractivity contribution in [1.82, 2.24) is 10.8 Å². The summed E-state index contributed by atoms with van der Waals surface area (Å²) in [7, 11) is 0. The van der Waals surface area contributed by atoms with Gasteiger partial charge in [0.2, 0.25) is 11.8 Å². The maximum Gasteiger partial charge on any atom is 0.252 e. The molecule has 34 heavy (non-hydrogen) atoms. The van der Waals surface area contributed by atoms with Crippen LogP contribution < -0.4 is 16.1 Å². The molecule has 1 aliphatic carbocycles. The summed E-state index contributed by atoms with van der Waals surface area (Å²) >= 11 is 0. The van der Waals surface area contributed by atoms with Gasteiger partial charge in [-0.1, -0.05) is 37.1 Å². The molecule has 0 bridgehead atoms. The summed E-state index contributed by atoms with van der Waals surface area (Å²) in [4.78, 5) is 35.9. The predicted octanol–water partition coefficient (Wildman–Crippen LogP) is 4.43. The quantitative estimate of drug-likeness (QED) is 0.122. The standard InChI is InChI=1S/C26H30FN3O4/c27-20-11-9-19(10-12-20)23(26(33)29-22-15-16-22)17-18-7-13-21(14-8-18)28-24(31)5-3-1-2-4-6-25(32)30-34/h7-14,17,22,34H,1-6,15-16H2,(H,28,31)(H,29,33)(H,30,32). The van der Waals surface area contributed by atoms with Crippen molar-refractivity contribution in [3.8, 4) is 0 Å². The van der Waals surface area contributed by atoms with Gasteiger partial charge in [-0.25, -0.2) is 9.87 Å². The molecule has 3 rings (SSSR count). The molecule has 0 radical (unpaired) electrons. The lowest BCUT2D eigenvalue weighted by molar-refractivity contribution is -0.129. The first-order chi connectivity index (χ1) is 16.4. The number of anilines is 1. The summed E-state index contributed by atoms with van der Waals surface area (Å²) in [6, 6.07) is 13.2. The Labute approximate surface area is 198 Å². The number of carbonyl (C=O) groups excluding carboxylic acids is 3. The first-order valence-electron chi connectivity index (χ1n) is 11.6. The minimum Gasteiger partial charge on any atom is -0.349 e. The number of nitrogens with one attached hydrogen (secondary N) is 3. The first-order valence-corrected chi connectivity index (χ1v) is 11.6. The Bertz CT molecular complexity index is 1020. The molecule has 0 saturated heterocycles. The summed E-state index contributed by atoms with van der Waals surface area (Å²) in [5.41, 5.74) is 4.14. The predicted molar refractivity (Wildman–Crippen MR) is 128 cm³/mol. The topological polar surface area (TPSA) is 108 Å². The van der Waals surface area contributed by atoms with Gasteiger partial charge in [-0.05, 0) is 67.2 Å². The van der Waals surface area contributed by atoms with Crippen molar-refractivity contribution in [3.63, 3.8) is 0 Å². The van der Waals surface area contributed by atoms with Crippen molar-refractivity contribution in [1.29, 1.82) is 0 Å². The molecule has 3 amide bonds. The molecule has 0 atom stereocenters. The highest BCUT2D eigenvalue weighted by molar-refractivity contribution is 6.24. The van der Waals surface area contributed by atoms with Crippen molar-refractivity contribution >= 4 is 35.1 Å². The van der Waals surface area contributed by atoms with E-state index < -0.39 is 5.91 Å². The van der Waals surface area contributed by atoms with E-state index in [0.717, 1.165) is 31.2 Å². The van der Waals surface area contributed by atoms with E-state index in [0.29, 0.717) is 36.1 Å². The van der Waals surface area contributed by atoms with E-state index in [1.807, 2.05) is 12.1 Å². The second kappa shape index (κ2) is 12.6. The Balaban J connectivity index is 1.54. The van der Waals surface area contributed by atoms with E-state index in [-0.39, 0.29) is 30.1 Å². The molecule has 1 aliphatic rings. The number of rotatable bonds is 12. The van der Waals surface area contributed by atoms with Crippen molar-refractivity contribution < 1.29 is 24.0 Å². The van der Waals surface area contributed by atoms with Gasteiger partial charge in [0, 0.05) is 30.1 Å². The molecule has 180 valence electrons. The highest BCUT2D eigenvalue weighted by atomic mass is 19.1. The number of hydrogen-bond acceptors (Lipinski definition) is 4. The van der Waals surface area contributed by atoms with Crippen LogP contribution in [0.1, 0.15) is 62.5 Å². The fraction of sp³-hybridized carbons (Fsp3) is 0.346. The molecule has 0 spiro atoms. The lowest BCUT2D eigenvalue weighted by Gasteiger charge is -2.10. The zero-order valence-corrected chi connectivity index (χ0v) is 19.0. The molecule has 0 unspecified atom stereocenters. The number of benzene rings is 2. The molecule has 0 aliphatic heterocycles. The number of unbranched alkanes of at least 4 members (excludes halogenated alkanes) is 3. The fourth-order valence-electron chi connectivity index (χ4n) is 3.43. The monoisotopic (exact) mass is 467 g/mol. The van der Waals surface area contributed by atoms with Crippen molar-refractivity contribution in [2.45, 2.75) is 57.4 Å². The zero-order valence-electron chi connectivity index (χ0n) is 19.0. The van der Waals surface area contributed by atoms with Gasteiger partial charge in [0.1, 0.15) is 5.82 Å². The first kappa shape index (κ1) is 25.1. The number of halogens is 1. The van der Waals surface area contributed by atoms with Crippen LogP contribution in [0.2, 0.25) is 0 Å². The zero-order chi connectivity index (χ0) is 24.3. The highest BCUT2D eigenvalue weighted by Gasteiger charge is 2.25. The molecule has 4 N–H and O–H groups in total. The third-order valence-electron chi connectivity index (χ3n) is 5.50. The van der Waals surface area contributed by atoms with Crippen molar-refractivity contribution in [2.75, 3.05) is 5.32 Å². The second-order valence-corrected chi connectivity index (χ2v) is 8.43. The van der Waals surface area contributed by atoms with Crippen LogP contribution in [-0.4, -0.2) is 29.0 Å². The SMILES string of the molecule is O=C(CCCCCCC(=O)Nc1ccc(C=C(C(=O)NC2CC2)c2ccc(F)cc2)cc1)NO. The summed E-state index contributed by atoms with van der Waals surface area (Å²) in [5.74, 6) is -1.04. The van der Waals surface area contributed by atoms with Gasteiger partial charge in [0.05, 0.1) is 0 Å². The van der Waals surface area contributed by atoms with Crippen LogP contribution in [0, 0.1) is 5.82 Å². The Morgan fingerprint density at radius 2 is 1.50 bits per heavy atom. The summed E-state index contributed by atoms with van der Waals surface area (Å²) in [5, 5.41) is 14.3. The molecule has 8 heteroatoms. The Hall–Kier alpha value is -3.52. The van der Waals surface area contributed by atoms with Gasteiger partial charge in [-0.3, -0.25) is 19.6 Å². The van der Waals surface area contributed by atoms with E-state index in [1.54, 1.807) is 35.8 Å². The van der Waals surface area contributed by atoms with Crippen LogP contribution in [-0.2, 0) is 14.4 Å². The maximum atomic E-state index is 13.3. The van der Waals surface area contributed by atoms with Crippen LogP contribution in [0.3, 0.4) is 0 Å². The van der Waals surface area contributed by atoms with E-state index in [4.69, 9.17) is 5.21 Å². The lowest BCUT2D eigenvalue weighted by Crippen LogP contribution is -2.26. The molecule has 7 nitrogen and oxygen atoms in total. The smallest absolute Gasteiger partial charge is 0.252 e. The fourth-order valence-corrected chi connectivity index (χ4v) is 3.43. The Kier molecular flexibility index (Phi) is 9.34. The molecule has 0 aromatic heterocycles. The third kappa shape index (κ3) is 8.44. The Morgan fingerprint density at radius 3 is 2.09 bits per heavy atom. The average molecular weight is 468 g/mol. The summed E-state index contributed by atoms with van der Waals surface area (Å²) in [6.07, 6.45) is 7.37. The van der Waals surface area contributed by atoms with Gasteiger partial charge in [-0.15, -0.1) is 0 Å². The molecule has 2 aromatic carbocycles. The van der Waals surface area contributed by atoms with Crippen LogP contribution in [0.5, 0.6) is 0 Å². The highest BCUT2D eigenvalue weighted by Crippen LogP contribution is 2.24. The van der Waals surface area contributed by atoms with E-state index in [9.17, 15) is 18.8 Å². The number of amides is 3. The third-order valence-corrected chi connectivity index (χ3v) is 5.50. The van der Waals surface area contributed by atoms with Crippen LogP contribution >= 0.6 is 0 Å². The largest absolute Gasteiger partial charge is 0.349 e. The van der Waals surface area contributed by atoms with E-state index in [2.05, 4.69) is 10.6 Å². The molecular weight excluding hydrogens is 437 g/mol. The van der Waals surface area contributed by atoms with Crippen molar-refractivity contribution in [3.05, 3.63) is 65.5 Å². The van der Waals surface area contributed by atoms with Gasteiger partial charge < -0.3 is 10.6 Å². The van der Waals surface area contributed by atoms with Gasteiger partial charge in [0.25, 0.3) is 5.91 Å².